The van der Waals surface area contributed by atoms with Gasteiger partial charge in [0.05, 0.1) is 6.54 Å². The van der Waals surface area contributed by atoms with Gasteiger partial charge in [-0.05, 0) is 12.1 Å². The van der Waals surface area contributed by atoms with Crippen LogP contribution in [-0.2, 0) is 21.4 Å². The Bertz CT molecular complexity index is 480. The highest BCUT2D eigenvalue weighted by molar-refractivity contribution is 7.89. The molecule has 96 valence electrons. The highest BCUT2D eigenvalue weighted by Crippen LogP contribution is 2.11. The molecule has 1 rings (SSSR count). The third-order valence-electron chi connectivity index (χ3n) is 2.02. The number of hydrogen-bond acceptors (Lipinski definition) is 5. The molecule has 0 bridgehead atoms. The van der Waals surface area contributed by atoms with Crippen molar-refractivity contribution in [1.29, 1.82) is 0 Å². The molecule has 0 aromatic carbocycles. The summed E-state index contributed by atoms with van der Waals surface area (Å²) in [7, 11) is -2.23. The number of hydrogen-bond donors (Lipinski definition) is 3. The van der Waals surface area contributed by atoms with Gasteiger partial charge in [-0.15, -0.1) is 0 Å². The fourth-order valence-corrected chi connectivity index (χ4v) is 1.63. The third kappa shape index (κ3) is 4.55. The normalized spacial score (nSPS) is 11.4. The van der Waals surface area contributed by atoms with Crippen LogP contribution < -0.4 is 15.8 Å². The molecular formula is C9H15N3O4S. The van der Waals surface area contributed by atoms with E-state index < -0.39 is 10.0 Å². The summed E-state index contributed by atoms with van der Waals surface area (Å²) in [5, 5.41) is 10.1. The van der Waals surface area contributed by atoms with Gasteiger partial charge >= 0.3 is 0 Å². The van der Waals surface area contributed by atoms with Gasteiger partial charge in [0.1, 0.15) is 5.76 Å². The lowest BCUT2D eigenvalue weighted by molar-refractivity contribution is -0.120. The minimum atomic E-state index is -3.79. The van der Waals surface area contributed by atoms with Crippen LogP contribution in [0, 0.1) is 0 Å². The minimum Gasteiger partial charge on any atom is -0.447 e. The molecule has 8 heteroatoms. The molecule has 7 nitrogen and oxygen atoms in total. The Balaban J connectivity index is 2.38. The van der Waals surface area contributed by atoms with Crippen molar-refractivity contribution in [3.8, 4) is 0 Å². The number of carbonyl (C=O) groups excluding carboxylic acids is 1. The Morgan fingerprint density at radius 3 is 2.71 bits per heavy atom. The first-order valence-corrected chi connectivity index (χ1v) is 6.51. The molecule has 17 heavy (non-hydrogen) atoms. The van der Waals surface area contributed by atoms with E-state index in [9.17, 15) is 13.2 Å². The van der Waals surface area contributed by atoms with Gasteiger partial charge in [0.15, 0.2) is 0 Å². The van der Waals surface area contributed by atoms with Crippen LogP contribution in [0.5, 0.6) is 0 Å². The van der Waals surface area contributed by atoms with Crippen LogP contribution in [0.1, 0.15) is 12.2 Å². The van der Waals surface area contributed by atoms with Gasteiger partial charge in [-0.2, -0.15) is 0 Å². The Morgan fingerprint density at radius 1 is 1.47 bits per heavy atom. The Morgan fingerprint density at radius 2 is 2.18 bits per heavy atom. The topological polar surface area (TPSA) is 114 Å². The smallest absolute Gasteiger partial charge is 0.271 e. The Hall–Kier alpha value is -1.38. The highest BCUT2D eigenvalue weighted by Gasteiger charge is 2.12. The van der Waals surface area contributed by atoms with Crippen molar-refractivity contribution < 1.29 is 17.6 Å². The second-order valence-electron chi connectivity index (χ2n) is 3.37. The monoisotopic (exact) mass is 261 g/mol. The fraction of sp³-hybridized carbons (Fsp3) is 0.444. The standard InChI is InChI=1S/C9H15N3O4S/c1-11-8(13)4-5-12-6-7-2-3-9(16-7)17(10,14)15/h2-3,12H,4-6H2,1H3,(H,11,13)(H2,10,14,15). The zero-order valence-electron chi connectivity index (χ0n) is 9.39. The fourth-order valence-electron chi connectivity index (χ4n) is 1.14. The van der Waals surface area contributed by atoms with Gasteiger partial charge in [-0.25, -0.2) is 13.6 Å². The first kappa shape index (κ1) is 13.7. The zero-order valence-corrected chi connectivity index (χ0v) is 10.2. The molecule has 1 aromatic rings. The van der Waals surface area contributed by atoms with Crippen LogP contribution in [0.3, 0.4) is 0 Å². The molecular weight excluding hydrogens is 246 g/mol. The summed E-state index contributed by atoms with van der Waals surface area (Å²) in [5.41, 5.74) is 0. The van der Waals surface area contributed by atoms with Crippen molar-refractivity contribution in [1.82, 2.24) is 10.6 Å². The number of carbonyl (C=O) groups is 1. The summed E-state index contributed by atoms with van der Waals surface area (Å²) in [6.07, 6.45) is 0.346. The lowest BCUT2D eigenvalue weighted by atomic mass is 10.4. The molecule has 0 fully saturated rings. The van der Waals surface area contributed by atoms with E-state index in [-0.39, 0.29) is 11.0 Å². The van der Waals surface area contributed by atoms with Crippen molar-refractivity contribution in [3.05, 3.63) is 17.9 Å². The summed E-state index contributed by atoms with van der Waals surface area (Å²) in [6, 6.07) is 2.82. The van der Waals surface area contributed by atoms with E-state index in [0.29, 0.717) is 25.3 Å². The average molecular weight is 261 g/mol. The highest BCUT2D eigenvalue weighted by atomic mass is 32.2. The quantitative estimate of drug-likeness (QED) is 0.577. The lowest BCUT2D eigenvalue weighted by Gasteiger charge is -2.01. The Labute approximate surface area is 99.4 Å². The molecule has 0 aliphatic carbocycles. The number of nitrogens with two attached hydrogens (primary N) is 1. The van der Waals surface area contributed by atoms with E-state index in [2.05, 4.69) is 10.6 Å². The number of amides is 1. The number of rotatable bonds is 6. The number of sulfonamides is 1. The maximum atomic E-state index is 10.9. The SMILES string of the molecule is CNC(=O)CCNCc1ccc(S(N)(=O)=O)o1. The molecule has 1 amide bonds. The minimum absolute atomic E-state index is 0.0674. The molecule has 0 saturated carbocycles. The Kier molecular flexibility index (Phi) is 4.67. The van der Waals surface area contributed by atoms with Crippen molar-refractivity contribution in [2.24, 2.45) is 5.14 Å². The second-order valence-corrected chi connectivity index (χ2v) is 4.86. The summed E-state index contributed by atoms with van der Waals surface area (Å²) in [4.78, 5) is 10.9. The molecule has 0 radical (unpaired) electrons. The zero-order chi connectivity index (χ0) is 12.9. The van der Waals surface area contributed by atoms with Crippen LogP contribution in [0.4, 0.5) is 0 Å². The molecule has 0 saturated heterocycles. The van der Waals surface area contributed by atoms with Crippen molar-refractivity contribution in [3.63, 3.8) is 0 Å². The summed E-state index contributed by atoms with van der Waals surface area (Å²) in [6.45, 7) is 0.817. The van der Waals surface area contributed by atoms with Crippen LogP contribution in [0.15, 0.2) is 21.6 Å². The van der Waals surface area contributed by atoms with Crippen LogP contribution in [0.2, 0.25) is 0 Å². The molecule has 1 aromatic heterocycles. The lowest BCUT2D eigenvalue weighted by Crippen LogP contribution is -2.24. The molecule has 0 aliphatic heterocycles. The van der Waals surface area contributed by atoms with E-state index in [4.69, 9.17) is 9.56 Å². The molecule has 4 N–H and O–H groups in total. The largest absolute Gasteiger partial charge is 0.447 e. The number of furan rings is 1. The van der Waals surface area contributed by atoms with E-state index >= 15 is 0 Å². The van der Waals surface area contributed by atoms with Gasteiger partial charge in [0, 0.05) is 20.0 Å². The van der Waals surface area contributed by atoms with Gasteiger partial charge in [0.2, 0.25) is 11.0 Å². The molecule has 0 atom stereocenters. The second kappa shape index (κ2) is 5.80. The first-order valence-electron chi connectivity index (χ1n) is 4.96. The van der Waals surface area contributed by atoms with Crippen LogP contribution in [-0.4, -0.2) is 27.9 Å². The molecule has 0 spiro atoms. The van der Waals surface area contributed by atoms with Gasteiger partial charge in [0.25, 0.3) is 10.0 Å². The van der Waals surface area contributed by atoms with E-state index in [0.717, 1.165) is 0 Å². The predicted molar refractivity (Wildman–Crippen MR) is 60.5 cm³/mol. The summed E-state index contributed by atoms with van der Waals surface area (Å²) >= 11 is 0. The van der Waals surface area contributed by atoms with Gasteiger partial charge in [-0.1, -0.05) is 0 Å². The van der Waals surface area contributed by atoms with Crippen molar-refractivity contribution >= 4 is 15.9 Å². The predicted octanol–water partition coefficient (Wildman–Crippen LogP) is -0.847. The third-order valence-corrected chi connectivity index (χ3v) is 2.80. The number of nitrogens with one attached hydrogen (secondary N) is 2. The van der Waals surface area contributed by atoms with Gasteiger partial charge < -0.3 is 15.1 Å². The summed E-state index contributed by atoms with van der Waals surface area (Å²) < 4.78 is 26.8. The van der Waals surface area contributed by atoms with Gasteiger partial charge in [-0.3, -0.25) is 4.79 Å². The van der Waals surface area contributed by atoms with Crippen molar-refractivity contribution in [2.75, 3.05) is 13.6 Å². The molecule has 1 heterocycles. The summed E-state index contributed by atoms with van der Waals surface area (Å²) in [5.74, 6) is 0.383. The number of primary sulfonamides is 1. The molecule has 0 unspecified atom stereocenters. The average Bonchev–Trinajstić information content (AvgIpc) is 2.72. The van der Waals surface area contributed by atoms with E-state index in [1.165, 1.54) is 12.1 Å². The maximum absolute atomic E-state index is 10.9. The van der Waals surface area contributed by atoms with Crippen LogP contribution >= 0.6 is 0 Å². The van der Waals surface area contributed by atoms with E-state index in [1.807, 2.05) is 0 Å². The molecule has 0 aliphatic rings. The van der Waals surface area contributed by atoms with E-state index in [1.54, 1.807) is 7.05 Å². The first-order chi connectivity index (χ1) is 7.93. The van der Waals surface area contributed by atoms with Crippen LogP contribution in [0.25, 0.3) is 0 Å². The maximum Gasteiger partial charge on any atom is 0.271 e. The van der Waals surface area contributed by atoms with Crippen molar-refractivity contribution in [2.45, 2.75) is 18.1 Å².